The third-order valence-corrected chi connectivity index (χ3v) is 4.92. The first kappa shape index (κ1) is 18.0. The lowest BCUT2D eigenvalue weighted by Gasteiger charge is -2.08. The highest BCUT2D eigenvalue weighted by Gasteiger charge is 2.26. The molecule has 134 valence electrons. The zero-order valence-electron chi connectivity index (χ0n) is 13.7. The molecule has 0 radical (unpaired) electrons. The fourth-order valence-corrected chi connectivity index (χ4v) is 3.45. The van der Waals surface area contributed by atoms with Crippen LogP contribution in [0.2, 0.25) is 10.0 Å². The van der Waals surface area contributed by atoms with Crippen LogP contribution in [0.3, 0.4) is 0 Å². The molecule has 1 aliphatic heterocycles. The molecular formula is C20H11BrCl2N2O2. The highest BCUT2D eigenvalue weighted by molar-refractivity contribution is 9.10. The molecule has 0 unspecified atom stereocenters. The van der Waals surface area contributed by atoms with Crippen molar-refractivity contribution in [2.75, 3.05) is 5.32 Å². The lowest BCUT2D eigenvalue weighted by atomic mass is 10.1. The average Bonchev–Trinajstić information content (AvgIpc) is 2.94. The number of aliphatic imine (C=N–C) groups is 1. The summed E-state index contributed by atoms with van der Waals surface area (Å²) >= 11 is 15.4. The van der Waals surface area contributed by atoms with E-state index in [0.717, 1.165) is 15.7 Å². The Morgan fingerprint density at radius 3 is 2.48 bits per heavy atom. The number of carbonyl (C=O) groups excluding carboxylic acids is 1. The van der Waals surface area contributed by atoms with Crippen LogP contribution in [0.1, 0.15) is 5.56 Å². The maximum atomic E-state index is 12.2. The molecule has 1 amide bonds. The van der Waals surface area contributed by atoms with E-state index in [9.17, 15) is 4.79 Å². The first-order valence-electron chi connectivity index (χ1n) is 7.92. The maximum Gasteiger partial charge on any atom is 0.275 e. The van der Waals surface area contributed by atoms with Crippen LogP contribution in [0.25, 0.3) is 0 Å². The van der Waals surface area contributed by atoms with Crippen LogP contribution >= 0.6 is 39.1 Å². The summed E-state index contributed by atoms with van der Waals surface area (Å²) in [4.78, 5) is 16.7. The summed E-state index contributed by atoms with van der Waals surface area (Å²) in [6, 6.07) is 17.7. The van der Waals surface area contributed by atoms with Gasteiger partial charge in [-0.1, -0.05) is 39.1 Å². The van der Waals surface area contributed by atoms with Crippen LogP contribution in [0.4, 0.5) is 11.4 Å². The number of hydrogen-bond donors (Lipinski definition) is 1. The normalized spacial score (nSPS) is 14.2. The number of nitrogens with zero attached hydrogens (tertiary/aromatic N) is 1. The summed E-state index contributed by atoms with van der Waals surface area (Å²) in [7, 11) is 0. The van der Waals surface area contributed by atoms with Gasteiger partial charge in [-0.2, -0.15) is 0 Å². The number of amides is 1. The topological polar surface area (TPSA) is 50.7 Å². The zero-order valence-corrected chi connectivity index (χ0v) is 16.8. The van der Waals surface area contributed by atoms with Crippen LogP contribution in [0.15, 0.2) is 70.1 Å². The highest BCUT2D eigenvalue weighted by Crippen LogP contribution is 2.33. The minimum Gasteiger partial charge on any atom is -0.456 e. The minimum atomic E-state index is -0.226. The monoisotopic (exact) mass is 460 g/mol. The first-order chi connectivity index (χ1) is 13.0. The predicted octanol–water partition coefficient (Wildman–Crippen LogP) is 6.62. The number of anilines is 1. The van der Waals surface area contributed by atoms with E-state index in [1.165, 1.54) is 0 Å². The van der Waals surface area contributed by atoms with Gasteiger partial charge in [0.2, 0.25) is 0 Å². The fourth-order valence-electron chi connectivity index (χ4n) is 2.64. The molecule has 0 aliphatic carbocycles. The van der Waals surface area contributed by atoms with Gasteiger partial charge < -0.3 is 10.1 Å². The summed E-state index contributed by atoms with van der Waals surface area (Å²) in [5.41, 5.74) is 2.53. The lowest BCUT2D eigenvalue weighted by molar-refractivity contribution is -0.110. The van der Waals surface area contributed by atoms with Gasteiger partial charge in [-0.05, 0) is 60.7 Å². The van der Waals surface area contributed by atoms with Crippen molar-refractivity contribution in [1.29, 1.82) is 0 Å². The number of halogens is 3. The fraction of sp³-hybridized carbons (Fsp3) is 0. The van der Waals surface area contributed by atoms with Crippen molar-refractivity contribution in [2.45, 2.75) is 0 Å². The molecular weight excluding hydrogens is 451 g/mol. The Balaban J connectivity index is 1.59. The molecule has 0 aromatic heterocycles. The van der Waals surface area contributed by atoms with Gasteiger partial charge in [0.05, 0.1) is 16.4 Å². The molecule has 0 bridgehead atoms. The van der Waals surface area contributed by atoms with Gasteiger partial charge in [0.1, 0.15) is 17.2 Å². The molecule has 1 N–H and O–H groups in total. The number of nitrogens with one attached hydrogen (secondary N) is 1. The van der Waals surface area contributed by atoms with Gasteiger partial charge in [-0.25, -0.2) is 4.99 Å². The van der Waals surface area contributed by atoms with Crippen molar-refractivity contribution < 1.29 is 9.53 Å². The van der Waals surface area contributed by atoms with Crippen molar-refractivity contribution >= 4 is 62.1 Å². The third kappa shape index (κ3) is 3.86. The highest BCUT2D eigenvalue weighted by atomic mass is 79.9. The largest absolute Gasteiger partial charge is 0.456 e. The molecule has 27 heavy (non-hydrogen) atoms. The molecule has 1 heterocycles. The first-order valence-corrected chi connectivity index (χ1v) is 9.47. The summed E-state index contributed by atoms with van der Waals surface area (Å²) in [6.07, 6.45) is 0. The minimum absolute atomic E-state index is 0.226. The molecule has 3 aromatic rings. The van der Waals surface area contributed by atoms with Gasteiger partial charge in [0, 0.05) is 15.1 Å². The Hall–Kier alpha value is -2.34. The van der Waals surface area contributed by atoms with Gasteiger partial charge in [-0.15, -0.1) is 0 Å². The second-order valence-corrected chi connectivity index (χ2v) is 7.53. The molecule has 4 nitrogen and oxygen atoms in total. The van der Waals surface area contributed by atoms with E-state index < -0.39 is 0 Å². The Morgan fingerprint density at radius 1 is 0.963 bits per heavy atom. The molecule has 7 heteroatoms. The molecule has 0 saturated carbocycles. The van der Waals surface area contributed by atoms with Crippen LogP contribution in [0, 0.1) is 0 Å². The van der Waals surface area contributed by atoms with E-state index >= 15 is 0 Å². The van der Waals surface area contributed by atoms with E-state index in [1.807, 2.05) is 18.2 Å². The van der Waals surface area contributed by atoms with E-state index in [2.05, 4.69) is 26.2 Å². The van der Waals surface area contributed by atoms with E-state index in [-0.39, 0.29) is 5.91 Å². The standard InChI is InChI=1S/C20H11BrCl2N2O2/c21-11-1-7-17-15(9-11)19(20(26)25-17)24-13-3-5-14(6-4-13)27-18-8-2-12(22)10-16(18)23/h1-10H,(H,24,25,26). The van der Waals surface area contributed by atoms with Crippen LogP contribution in [0.5, 0.6) is 11.5 Å². The van der Waals surface area contributed by atoms with Crippen molar-refractivity contribution in [1.82, 2.24) is 0 Å². The van der Waals surface area contributed by atoms with Crippen molar-refractivity contribution in [3.8, 4) is 11.5 Å². The SMILES string of the molecule is O=C1Nc2ccc(Br)cc2C1=Nc1ccc(Oc2ccc(Cl)cc2Cl)cc1. The Kier molecular flexibility index (Phi) is 4.91. The molecule has 0 saturated heterocycles. The maximum absolute atomic E-state index is 12.2. The smallest absolute Gasteiger partial charge is 0.275 e. The number of rotatable bonds is 3. The molecule has 0 spiro atoms. The van der Waals surface area contributed by atoms with Crippen molar-refractivity contribution in [3.63, 3.8) is 0 Å². The number of hydrogen-bond acceptors (Lipinski definition) is 3. The van der Waals surface area contributed by atoms with Crippen LogP contribution in [-0.4, -0.2) is 11.6 Å². The second kappa shape index (κ2) is 7.35. The molecule has 0 fully saturated rings. The quantitative estimate of drug-likeness (QED) is 0.476. The Labute approximate surface area is 173 Å². The average molecular weight is 462 g/mol. The van der Waals surface area contributed by atoms with E-state index in [4.69, 9.17) is 27.9 Å². The summed E-state index contributed by atoms with van der Waals surface area (Å²) in [5, 5.41) is 3.78. The lowest BCUT2D eigenvalue weighted by Crippen LogP contribution is -2.13. The van der Waals surface area contributed by atoms with Gasteiger partial charge in [-0.3, -0.25) is 4.79 Å². The molecule has 4 rings (SSSR count). The van der Waals surface area contributed by atoms with Crippen LogP contribution in [-0.2, 0) is 4.79 Å². The second-order valence-electron chi connectivity index (χ2n) is 5.78. The Bertz CT molecular complexity index is 1080. The molecule has 1 aliphatic rings. The summed E-state index contributed by atoms with van der Waals surface area (Å²) in [6.45, 7) is 0. The molecule has 3 aromatic carbocycles. The van der Waals surface area contributed by atoms with Gasteiger partial charge in [0.25, 0.3) is 5.91 Å². The summed E-state index contributed by atoms with van der Waals surface area (Å²) in [5.74, 6) is 0.882. The van der Waals surface area contributed by atoms with Crippen molar-refractivity contribution in [3.05, 3.63) is 80.7 Å². The zero-order chi connectivity index (χ0) is 19.0. The predicted molar refractivity (Wildman–Crippen MR) is 112 cm³/mol. The third-order valence-electron chi connectivity index (χ3n) is 3.90. The Morgan fingerprint density at radius 2 is 1.74 bits per heavy atom. The van der Waals surface area contributed by atoms with Crippen molar-refractivity contribution in [2.24, 2.45) is 4.99 Å². The van der Waals surface area contributed by atoms with Gasteiger partial charge >= 0.3 is 0 Å². The molecule has 0 atom stereocenters. The van der Waals surface area contributed by atoms with Gasteiger partial charge in [0.15, 0.2) is 0 Å². The van der Waals surface area contributed by atoms with Crippen LogP contribution < -0.4 is 10.1 Å². The number of benzene rings is 3. The summed E-state index contributed by atoms with van der Waals surface area (Å²) < 4.78 is 6.64. The van der Waals surface area contributed by atoms with E-state index in [1.54, 1.807) is 42.5 Å². The number of ether oxygens (including phenoxy) is 1. The van der Waals surface area contributed by atoms with E-state index in [0.29, 0.717) is 32.9 Å². The number of carbonyl (C=O) groups is 1. The number of fused-ring (bicyclic) bond motifs is 1.